The van der Waals surface area contributed by atoms with Crippen molar-refractivity contribution in [2.45, 2.75) is 18.4 Å². The number of likely N-dealkylation sites (N-methyl/N-ethyl adjacent to an activating group) is 1. The smallest absolute Gasteiger partial charge is 0.332 e. The summed E-state index contributed by atoms with van der Waals surface area (Å²) >= 11 is 0. The first-order chi connectivity index (χ1) is 7.75. The Bertz CT molecular complexity index is 368. The number of hydrogen-bond acceptors (Lipinski definition) is 5. The van der Waals surface area contributed by atoms with Crippen LogP contribution in [-0.4, -0.2) is 42.1 Å². The van der Waals surface area contributed by atoms with E-state index in [1.807, 2.05) is 0 Å². The first-order valence-electron chi connectivity index (χ1n) is 4.65. The van der Waals surface area contributed by atoms with E-state index in [0.29, 0.717) is 0 Å². The van der Waals surface area contributed by atoms with E-state index >= 15 is 0 Å². The summed E-state index contributed by atoms with van der Waals surface area (Å²) in [5.41, 5.74) is 5.57. The van der Waals surface area contributed by atoms with Crippen LogP contribution < -0.4 is 5.73 Å². The average molecular weight is 256 g/mol. The summed E-state index contributed by atoms with van der Waals surface area (Å²) in [7, 11) is 3.41. The van der Waals surface area contributed by atoms with Crippen LogP contribution in [0, 0.1) is 0 Å². The number of hydrogen-bond donors (Lipinski definition) is 1. The number of nitrogens with zero attached hydrogens (tertiary/aromatic N) is 3. The van der Waals surface area contributed by atoms with Crippen molar-refractivity contribution in [3.8, 4) is 0 Å². The van der Waals surface area contributed by atoms with Gasteiger partial charge in [-0.05, 0) is 14.1 Å². The first kappa shape index (κ1) is 13.8. The Morgan fingerprint density at radius 2 is 2.00 bits per heavy atom. The second-order valence-electron chi connectivity index (χ2n) is 3.75. The van der Waals surface area contributed by atoms with Gasteiger partial charge in [0.2, 0.25) is 0 Å². The van der Waals surface area contributed by atoms with Gasteiger partial charge in [0, 0.05) is 6.54 Å². The summed E-state index contributed by atoms with van der Waals surface area (Å²) in [5, 5.41) is 3.17. The summed E-state index contributed by atoms with van der Waals surface area (Å²) in [4.78, 5) is 4.87. The van der Waals surface area contributed by atoms with Crippen molar-refractivity contribution in [1.29, 1.82) is 0 Å². The van der Waals surface area contributed by atoms with E-state index in [0.717, 1.165) is 0 Å². The Hall–Kier alpha value is -1.22. The Morgan fingerprint density at radius 3 is 2.47 bits per heavy atom. The lowest BCUT2D eigenvalue weighted by Crippen LogP contribution is -2.27. The molecule has 1 rings (SSSR count). The van der Waals surface area contributed by atoms with Crippen LogP contribution in [0.25, 0.3) is 0 Å². The van der Waals surface area contributed by atoms with Gasteiger partial charge in [-0.25, -0.2) is 8.78 Å². The number of aromatic nitrogens is 2. The lowest BCUT2D eigenvalue weighted by atomic mass is 10.3. The van der Waals surface area contributed by atoms with Gasteiger partial charge in [-0.2, -0.15) is 13.8 Å². The van der Waals surface area contributed by atoms with E-state index in [-0.39, 0.29) is 12.4 Å². The second kappa shape index (κ2) is 4.96. The van der Waals surface area contributed by atoms with Gasteiger partial charge in [-0.1, -0.05) is 5.16 Å². The normalized spacial score (nSPS) is 14.6. The molecule has 17 heavy (non-hydrogen) atoms. The fourth-order valence-electron chi connectivity index (χ4n) is 1.09. The van der Waals surface area contributed by atoms with E-state index in [9.17, 15) is 17.6 Å². The predicted molar refractivity (Wildman–Crippen MR) is 49.7 cm³/mol. The maximum atomic E-state index is 12.8. The monoisotopic (exact) mass is 256 g/mol. The van der Waals surface area contributed by atoms with Crippen molar-refractivity contribution >= 4 is 0 Å². The Kier molecular flexibility index (Phi) is 4.04. The van der Waals surface area contributed by atoms with Gasteiger partial charge in [0.15, 0.2) is 5.82 Å². The minimum absolute atomic E-state index is 0.228. The third kappa shape index (κ3) is 3.13. The van der Waals surface area contributed by atoms with Crippen molar-refractivity contribution in [3.05, 3.63) is 11.7 Å². The first-order valence-corrected chi connectivity index (χ1v) is 4.65. The summed E-state index contributed by atoms with van der Waals surface area (Å²) < 4.78 is 53.7. The van der Waals surface area contributed by atoms with Crippen LogP contribution in [0.15, 0.2) is 4.52 Å². The van der Waals surface area contributed by atoms with Crippen LogP contribution in [0.1, 0.15) is 17.8 Å². The highest BCUT2D eigenvalue weighted by Crippen LogP contribution is 2.33. The fourth-order valence-corrected chi connectivity index (χ4v) is 1.09. The summed E-state index contributed by atoms with van der Waals surface area (Å²) in [6.45, 7) is 0.277. The molecule has 5 nitrogen and oxygen atoms in total. The third-order valence-corrected chi connectivity index (χ3v) is 1.89. The predicted octanol–water partition coefficient (Wildman–Crippen LogP) is 0.988. The largest absolute Gasteiger partial charge is 0.383 e. The maximum absolute atomic E-state index is 12.8. The number of halogens is 4. The maximum Gasteiger partial charge on any atom is 0.383 e. The molecule has 0 amide bonds. The molecule has 0 saturated heterocycles. The molecule has 0 bridgehead atoms. The Labute approximate surface area is 94.6 Å². The molecule has 0 fully saturated rings. The molecule has 1 heterocycles. The van der Waals surface area contributed by atoms with Crippen LogP contribution in [0.2, 0.25) is 0 Å². The van der Waals surface area contributed by atoms with Crippen LogP contribution in [0.3, 0.4) is 0 Å². The highest BCUT2D eigenvalue weighted by Gasteiger charge is 2.48. The Morgan fingerprint density at radius 1 is 1.41 bits per heavy atom. The molecule has 0 spiro atoms. The molecule has 9 heteroatoms. The van der Waals surface area contributed by atoms with Gasteiger partial charge in [0.1, 0.15) is 0 Å². The van der Waals surface area contributed by atoms with E-state index in [4.69, 9.17) is 5.73 Å². The highest BCUT2D eigenvalue weighted by molar-refractivity contribution is 4.99. The van der Waals surface area contributed by atoms with Crippen molar-refractivity contribution in [3.63, 3.8) is 0 Å². The molecular formula is C8H12F4N4O. The van der Waals surface area contributed by atoms with Crippen LogP contribution >= 0.6 is 0 Å². The third-order valence-electron chi connectivity index (χ3n) is 1.89. The molecule has 0 aromatic carbocycles. The van der Waals surface area contributed by atoms with Gasteiger partial charge in [-0.3, -0.25) is 0 Å². The molecule has 1 aromatic heterocycles. The van der Waals surface area contributed by atoms with Gasteiger partial charge in [-0.15, -0.1) is 0 Å². The minimum Gasteiger partial charge on any atom is -0.332 e. The van der Waals surface area contributed by atoms with E-state index in [1.165, 1.54) is 0 Å². The lowest BCUT2D eigenvalue weighted by molar-refractivity contribution is -0.152. The van der Waals surface area contributed by atoms with Crippen LogP contribution in [0.5, 0.6) is 0 Å². The molecule has 0 aliphatic rings. The topological polar surface area (TPSA) is 68.2 Å². The average Bonchev–Trinajstić information content (AvgIpc) is 2.65. The zero-order valence-corrected chi connectivity index (χ0v) is 9.20. The van der Waals surface area contributed by atoms with Crippen LogP contribution in [0.4, 0.5) is 17.6 Å². The lowest BCUT2D eigenvalue weighted by Gasteiger charge is -2.13. The van der Waals surface area contributed by atoms with Gasteiger partial charge in [0.05, 0.1) is 6.04 Å². The van der Waals surface area contributed by atoms with Crippen LogP contribution in [-0.2, 0) is 5.92 Å². The quantitative estimate of drug-likeness (QED) is 0.795. The second-order valence-corrected chi connectivity index (χ2v) is 3.75. The molecule has 2 N–H and O–H groups in total. The molecule has 1 atom stereocenters. The standard InChI is InChI=1S/C8H12F4N4O/c1-16(2)3-4(13)5-14-7(17-15-5)8(11,12)6(9)10/h4,6H,3,13H2,1-2H3. The zero-order valence-electron chi connectivity index (χ0n) is 9.20. The van der Waals surface area contributed by atoms with Gasteiger partial charge < -0.3 is 15.2 Å². The molecule has 0 radical (unpaired) electrons. The van der Waals surface area contributed by atoms with Crippen molar-refractivity contribution in [2.24, 2.45) is 5.73 Å². The van der Waals surface area contributed by atoms with Crippen molar-refractivity contribution in [2.75, 3.05) is 20.6 Å². The van der Waals surface area contributed by atoms with E-state index in [1.54, 1.807) is 19.0 Å². The highest BCUT2D eigenvalue weighted by atomic mass is 19.3. The Balaban J connectivity index is 2.85. The summed E-state index contributed by atoms with van der Waals surface area (Å²) in [6.07, 6.45) is -3.90. The molecule has 1 aromatic rings. The van der Waals surface area contributed by atoms with Gasteiger partial charge in [0.25, 0.3) is 0 Å². The van der Waals surface area contributed by atoms with E-state index in [2.05, 4.69) is 14.7 Å². The zero-order chi connectivity index (χ0) is 13.2. The number of alkyl halides is 4. The van der Waals surface area contributed by atoms with E-state index < -0.39 is 24.3 Å². The minimum atomic E-state index is -4.46. The SMILES string of the molecule is CN(C)CC(N)c1noc(C(F)(F)C(F)F)n1. The molecule has 0 aliphatic heterocycles. The molecule has 1 unspecified atom stereocenters. The van der Waals surface area contributed by atoms with Gasteiger partial charge >= 0.3 is 18.2 Å². The van der Waals surface area contributed by atoms with Crippen molar-refractivity contribution in [1.82, 2.24) is 15.0 Å². The number of nitrogens with two attached hydrogens (primary N) is 1. The summed E-state index contributed by atoms with van der Waals surface area (Å²) in [6, 6.07) is -0.782. The molecular weight excluding hydrogens is 244 g/mol. The molecule has 0 aliphatic carbocycles. The fraction of sp³-hybridized carbons (Fsp3) is 0.750. The van der Waals surface area contributed by atoms with Crippen molar-refractivity contribution < 1.29 is 22.1 Å². The molecule has 0 saturated carbocycles. The summed E-state index contributed by atoms with van der Waals surface area (Å²) in [5.74, 6) is -6.10. The number of rotatable bonds is 5. The molecule has 98 valence electrons.